The molecule has 1 amide bonds. The van der Waals surface area contributed by atoms with Crippen molar-refractivity contribution in [3.63, 3.8) is 0 Å². The number of fused-ring (bicyclic) bond motifs is 1. The Morgan fingerprint density at radius 3 is 2.52 bits per heavy atom. The molecule has 0 atom stereocenters. The fourth-order valence-electron chi connectivity index (χ4n) is 3.85. The van der Waals surface area contributed by atoms with E-state index in [-0.39, 0.29) is 11.9 Å². The van der Waals surface area contributed by atoms with Gasteiger partial charge in [0.1, 0.15) is 11.4 Å². The number of halogens is 1. The van der Waals surface area contributed by atoms with Crippen molar-refractivity contribution in [2.45, 2.75) is 54.4 Å². The Labute approximate surface area is 180 Å². The average molecular weight is 429 g/mol. The topological polar surface area (TPSA) is 54.1 Å². The Morgan fingerprint density at radius 1 is 1.10 bits per heavy atom. The number of H-pyrrole nitrogens is 1. The van der Waals surface area contributed by atoms with Gasteiger partial charge in [-0.25, -0.2) is 0 Å². The van der Waals surface area contributed by atoms with Crippen molar-refractivity contribution in [2.24, 2.45) is 0 Å². The standard InChI is InChI=1S/C23H25ClN2O2S/c1-28-17-10-13-19-20(14-17)26-21(22(19)29-18-11-8-15(24)9-12-18)23(27)25-16-6-4-2-3-5-7-16/h8-14,16,26H,2-7H2,1H3,(H,25,27). The molecule has 0 spiro atoms. The van der Waals surface area contributed by atoms with Gasteiger partial charge in [-0.1, -0.05) is 49.0 Å². The van der Waals surface area contributed by atoms with Crippen LogP contribution in [0.1, 0.15) is 49.0 Å². The van der Waals surface area contributed by atoms with Gasteiger partial charge in [0.15, 0.2) is 0 Å². The number of aromatic nitrogens is 1. The number of hydrogen-bond acceptors (Lipinski definition) is 3. The van der Waals surface area contributed by atoms with Crippen molar-refractivity contribution < 1.29 is 9.53 Å². The second-order valence-electron chi connectivity index (χ2n) is 7.46. The van der Waals surface area contributed by atoms with Gasteiger partial charge in [0.2, 0.25) is 0 Å². The van der Waals surface area contributed by atoms with Gasteiger partial charge in [-0.05, 0) is 49.2 Å². The van der Waals surface area contributed by atoms with Crippen molar-refractivity contribution >= 4 is 40.2 Å². The van der Waals surface area contributed by atoms with Crippen LogP contribution < -0.4 is 10.1 Å². The van der Waals surface area contributed by atoms with Gasteiger partial charge >= 0.3 is 0 Å². The molecule has 2 N–H and O–H groups in total. The second-order valence-corrected chi connectivity index (χ2v) is 8.98. The first-order valence-corrected chi connectivity index (χ1v) is 11.3. The quantitative estimate of drug-likeness (QED) is 0.460. The van der Waals surface area contributed by atoms with Crippen molar-refractivity contribution in [1.82, 2.24) is 10.3 Å². The average Bonchev–Trinajstić information content (AvgIpc) is 2.89. The minimum atomic E-state index is -0.0384. The van der Waals surface area contributed by atoms with Crippen LogP contribution in [0.2, 0.25) is 5.02 Å². The molecule has 29 heavy (non-hydrogen) atoms. The molecule has 1 aliphatic rings. The van der Waals surface area contributed by atoms with E-state index in [4.69, 9.17) is 16.3 Å². The number of rotatable bonds is 5. The SMILES string of the molecule is COc1ccc2c(Sc3ccc(Cl)cc3)c(C(=O)NC3CCCCCC3)[nH]c2c1. The van der Waals surface area contributed by atoms with E-state index < -0.39 is 0 Å². The summed E-state index contributed by atoms with van der Waals surface area (Å²) in [5.41, 5.74) is 1.50. The highest BCUT2D eigenvalue weighted by Crippen LogP contribution is 2.38. The number of aromatic amines is 1. The lowest BCUT2D eigenvalue weighted by Gasteiger charge is -2.16. The molecule has 1 aromatic heterocycles. The van der Waals surface area contributed by atoms with Gasteiger partial charge in [0.25, 0.3) is 5.91 Å². The number of nitrogens with one attached hydrogen (secondary N) is 2. The second kappa shape index (κ2) is 9.14. The van der Waals surface area contributed by atoms with Crippen LogP contribution in [-0.2, 0) is 0 Å². The molecule has 0 aliphatic heterocycles. The lowest BCUT2D eigenvalue weighted by atomic mass is 10.1. The third kappa shape index (κ3) is 4.73. The Bertz CT molecular complexity index is 992. The van der Waals surface area contributed by atoms with Crippen LogP contribution in [0.25, 0.3) is 10.9 Å². The Morgan fingerprint density at radius 2 is 1.83 bits per heavy atom. The van der Waals surface area contributed by atoms with Crippen LogP contribution in [0, 0.1) is 0 Å². The Kier molecular flexibility index (Phi) is 6.36. The number of ether oxygens (including phenoxy) is 1. The van der Waals surface area contributed by atoms with Gasteiger partial charge in [0, 0.05) is 27.4 Å². The third-order valence-electron chi connectivity index (χ3n) is 5.41. The molecular weight excluding hydrogens is 404 g/mol. The van der Waals surface area contributed by atoms with Crippen LogP contribution in [0.5, 0.6) is 5.75 Å². The summed E-state index contributed by atoms with van der Waals surface area (Å²) in [7, 11) is 1.65. The molecule has 0 unspecified atom stereocenters. The summed E-state index contributed by atoms with van der Waals surface area (Å²) >= 11 is 7.61. The molecule has 4 rings (SSSR count). The fourth-order valence-corrected chi connectivity index (χ4v) is 5.01. The lowest BCUT2D eigenvalue weighted by molar-refractivity contribution is 0.0926. The fraction of sp³-hybridized carbons (Fsp3) is 0.348. The van der Waals surface area contributed by atoms with E-state index in [9.17, 15) is 4.79 Å². The molecule has 0 radical (unpaired) electrons. The molecule has 4 nitrogen and oxygen atoms in total. The number of benzene rings is 2. The van der Waals surface area contributed by atoms with Crippen LogP contribution in [0.15, 0.2) is 52.3 Å². The number of amides is 1. The minimum absolute atomic E-state index is 0.0384. The normalized spacial score (nSPS) is 15.2. The van der Waals surface area contributed by atoms with Crippen LogP contribution in [0.3, 0.4) is 0 Å². The van der Waals surface area contributed by atoms with E-state index >= 15 is 0 Å². The third-order valence-corrected chi connectivity index (χ3v) is 6.80. The summed E-state index contributed by atoms with van der Waals surface area (Å²) in [6.07, 6.45) is 6.99. The van der Waals surface area contributed by atoms with E-state index in [1.165, 1.54) is 25.7 Å². The molecule has 152 valence electrons. The summed E-state index contributed by atoms with van der Waals surface area (Å²) in [6.45, 7) is 0. The highest BCUT2D eigenvalue weighted by molar-refractivity contribution is 7.99. The van der Waals surface area contributed by atoms with E-state index in [1.54, 1.807) is 18.9 Å². The van der Waals surface area contributed by atoms with Crippen molar-refractivity contribution in [2.75, 3.05) is 7.11 Å². The first-order chi connectivity index (χ1) is 14.1. The molecule has 1 aliphatic carbocycles. The molecule has 1 saturated carbocycles. The van der Waals surface area contributed by atoms with Crippen molar-refractivity contribution in [3.05, 3.63) is 53.2 Å². The number of hydrogen-bond donors (Lipinski definition) is 2. The summed E-state index contributed by atoms with van der Waals surface area (Å²) < 4.78 is 5.36. The van der Waals surface area contributed by atoms with Gasteiger partial charge in [-0.3, -0.25) is 4.79 Å². The number of carbonyl (C=O) groups excluding carboxylic acids is 1. The molecule has 2 aromatic carbocycles. The molecule has 1 heterocycles. The van der Waals surface area contributed by atoms with Crippen molar-refractivity contribution in [1.29, 1.82) is 0 Å². The van der Waals surface area contributed by atoms with Crippen LogP contribution in [-0.4, -0.2) is 24.0 Å². The summed E-state index contributed by atoms with van der Waals surface area (Å²) in [5.74, 6) is 0.723. The predicted octanol–water partition coefficient (Wildman–Crippen LogP) is 6.43. The molecule has 0 saturated heterocycles. The largest absolute Gasteiger partial charge is 0.497 e. The molecule has 6 heteroatoms. The van der Waals surface area contributed by atoms with Gasteiger partial charge < -0.3 is 15.0 Å². The van der Waals surface area contributed by atoms with Crippen molar-refractivity contribution in [3.8, 4) is 5.75 Å². The maximum Gasteiger partial charge on any atom is 0.269 e. The maximum atomic E-state index is 13.2. The smallest absolute Gasteiger partial charge is 0.269 e. The van der Waals surface area contributed by atoms with E-state index in [0.717, 1.165) is 39.3 Å². The molecular formula is C23H25ClN2O2S. The molecule has 1 fully saturated rings. The maximum absolute atomic E-state index is 13.2. The number of methoxy groups -OCH3 is 1. The first kappa shape index (κ1) is 20.2. The van der Waals surface area contributed by atoms with E-state index in [1.807, 2.05) is 42.5 Å². The zero-order chi connectivity index (χ0) is 20.2. The summed E-state index contributed by atoms with van der Waals surface area (Å²) in [4.78, 5) is 18.5. The van der Waals surface area contributed by atoms with E-state index in [0.29, 0.717) is 10.7 Å². The van der Waals surface area contributed by atoms with Gasteiger partial charge in [-0.2, -0.15) is 0 Å². The van der Waals surface area contributed by atoms with Crippen LogP contribution >= 0.6 is 23.4 Å². The predicted molar refractivity (Wildman–Crippen MR) is 119 cm³/mol. The lowest BCUT2D eigenvalue weighted by Crippen LogP contribution is -2.34. The zero-order valence-corrected chi connectivity index (χ0v) is 18.0. The van der Waals surface area contributed by atoms with Gasteiger partial charge in [-0.15, -0.1) is 0 Å². The summed E-state index contributed by atoms with van der Waals surface area (Å²) in [6, 6.07) is 13.8. The summed E-state index contributed by atoms with van der Waals surface area (Å²) in [5, 5.41) is 4.97. The zero-order valence-electron chi connectivity index (χ0n) is 16.5. The van der Waals surface area contributed by atoms with E-state index in [2.05, 4.69) is 10.3 Å². The Balaban J connectivity index is 1.68. The highest BCUT2D eigenvalue weighted by Gasteiger charge is 2.22. The molecule has 3 aromatic rings. The number of carbonyl (C=O) groups is 1. The minimum Gasteiger partial charge on any atom is -0.497 e. The Hall–Kier alpha value is -2.11. The van der Waals surface area contributed by atoms with Gasteiger partial charge in [0.05, 0.1) is 17.5 Å². The monoisotopic (exact) mass is 428 g/mol. The first-order valence-electron chi connectivity index (χ1n) is 10.1. The molecule has 0 bridgehead atoms. The van der Waals surface area contributed by atoms with Crippen LogP contribution in [0.4, 0.5) is 0 Å². The highest BCUT2D eigenvalue weighted by atomic mass is 35.5.